The summed E-state index contributed by atoms with van der Waals surface area (Å²) >= 11 is 0. The standard InChI is InChI=1S/C13H14N4O2/c1-2-19-11-6-3-5-10(9-11)15-13(18)16-12-7-4-8-14-17-12/h3-9H,2H2,1H3,(H2,15,16,17,18). The fourth-order valence-electron chi connectivity index (χ4n) is 1.48. The van der Waals surface area contributed by atoms with Gasteiger partial charge < -0.3 is 10.1 Å². The molecule has 0 spiro atoms. The number of urea groups is 1. The van der Waals surface area contributed by atoms with Crippen molar-refractivity contribution in [2.24, 2.45) is 0 Å². The maximum absolute atomic E-state index is 11.7. The van der Waals surface area contributed by atoms with E-state index in [0.717, 1.165) is 0 Å². The molecule has 0 saturated heterocycles. The summed E-state index contributed by atoms with van der Waals surface area (Å²) in [5.41, 5.74) is 0.646. The number of benzene rings is 1. The third-order valence-corrected chi connectivity index (χ3v) is 2.22. The van der Waals surface area contributed by atoms with Gasteiger partial charge in [0.15, 0.2) is 5.82 Å². The minimum atomic E-state index is -0.380. The van der Waals surface area contributed by atoms with Crippen LogP contribution in [0, 0.1) is 0 Å². The van der Waals surface area contributed by atoms with Gasteiger partial charge in [-0.15, -0.1) is 5.10 Å². The quantitative estimate of drug-likeness (QED) is 0.883. The van der Waals surface area contributed by atoms with Gasteiger partial charge in [-0.3, -0.25) is 5.32 Å². The average molecular weight is 258 g/mol. The summed E-state index contributed by atoms with van der Waals surface area (Å²) in [6, 6.07) is 10.1. The minimum absolute atomic E-state index is 0.380. The van der Waals surface area contributed by atoms with Crippen molar-refractivity contribution in [2.45, 2.75) is 6.92 Å². The molecular weight excluding hydrogens is 244 g/mol. The summed E-state index contributed by atoms with van der Waals surface area (Å²) in [5.74, 6) is 1.10. The van der Waals surface area contributed by atoms with Crippen LogP contribution in [-0.2, 0) is 0 Å². The first-order valence-corrected chi connectivity index (χ1v) is 5.86. The third kappa shape index (κ3) is 3.95. The van der Waals surface area contributed by atoms with Crippen molar-refractivity contribution in [3.8, 4) is 5.75 Å². The molecule has 19 heavy (non-hydrogen) atoms. The number of carbonyl (C=O) groups excluding carboxylic acids is 1. The number of hydrogen-bond acceptors (Lipinski definition) is 4. The van der Waals surface area contributed by atoms with Crippen molar-refractivity contribution in [2.75, 3.05) is 17.2 Å². The van der Waals surface area contributed by atoms with E-state index >= 15 is 0 Å². The molecule has 0 aliphatic heterocycles. The second kappa shape index (κ2) is 6.34. The van der Waals surface area contributed by atoms with Crippen LogP contribution >= 0.6 is 0 Å². The number of carbonyl (C=O) groups is 1. The van der Waals surface area contributed by atoms with Crippen LogP contribution < -0.4 is 15.4 Å². The van der Waals surface area contributed by atoms with Gasteiger partial charge in [0.2, 0.25) is 0 Å². The van der Waals surface area contributed by atoms with Gasteiger partial charge in [0.1, 0.15) is 5.75 Å². The van der Waals surface area contributed by atoms with Gasteiger partial charge in [-0.05, 0) is 31.2 Å². The fourth-order valence-corrected chi connectivity index (χ4v) is 1.48. The van der Waals surface area contributed by atoms with E-state index in [4.69, 9.17) is 4.74 Å². The maximum atomic E-state index is 11.7. The lowest BCUT2D eigenvalue weighted by Gasteiger charge is -2.08. The highest BCUT2D eigenvalue weighted by atomic mass is 16.5. The molecule has 0 unspecified atom stereocenters. The Morgan fingerprint density at radius 3 is 2.89 bits per heavy atom. The van der Waals surface area contributed by atoms with Crippen molar-refractivity contribution >= 4 is 17.5 Å². The lowest BCUT2D eigenvalue weighted by Crippen LogP contribution is -2.20. The Hall–Kier alpha value is -2.63. The van der Waals surface area contributed by atoms with Crippen LogP contribution in [0.15, 0.2) is 42.6 Å². The summed E-state index contributed by atoms with van der Waals surface area (Å²) in [5, 5.41) is 12.7. The smallest absolute Gasteiger partial charge is 0.324 e. The van der Waals surface area contributed by atoms with E-state index in [1.807, 2.05) is 19.1 Å². The number of nitrogens with one attached hydrogen (secondary N) is 2. The lowest BCUT2D eigenvalue weighted by molar-refractivity contribution is 0.262. The number of anilines is 2. The van der Waals surface area contributed by atoms with Crippen LogP contribution in [0.3, 0.4) is 0 Å². The molecule has 2 aromatic rings. The van der Waals surface area contributed by atoms with E-state index in [2.05, 4.69) is 20.8 Å². The molecule has 2 rings (SSSR count). The molecule has 98 valence electrons. The van der Waals surface area contributed by atoms with Gasteiger partial charge in [-0.25, -0.2) is 4.79 Å². The second-order valence-corrected chi connectivity index (χ2v) is 3.65. The van der Waals surface area contributed by atoms with Gasteiger partial charge in [-0.1, -0.05) is 6.07 Å². The molecule has 0 saturated carbocycles. The number of amides is 2. The zero-order valence-corrected chi connectivity index (χ0v) is 10.5. The van der Waals surface area contributed by atoms with E-state index in [9.17, 15) is 4.79 Å². The maximum Gasteiger partial charge on any atom is 0.324 e. The first-order valence-electron chi connectivity index (χ1n) is 5.86. The van der Waals surface area contributed by atoms with E-state index in [1.165, 1.54) is 6.20 Å². The average Bonchev–Trinajstić information content (AvgIpc) is 2.40. The number of ether oxygens (including phenoxy) is 1. The monoisotopic (exact) mass is 258 g/mol. The van der Waals surface area contributed by atoms with Crippen LogP contribution in [0.1, 0.15) is 6.92 Å². The Bertz CT molecular complexity index is 545. The van der Waals surface area contributed by atoms with Gasteiger partial charge in [0.05, 0.1) is 6.61 Å². The number of rotatable bonds is 4. The molecule has 0 aliphatic rings. The number of hydrogen-bond donors (Lipinski definition) is 2. The van der Waals surface area contributed by atoms with Crippen molar-refractivity contribution in [3.63, 3.8) is 0 Å². The molecule has 1 aromatic heterocycles. The SMILES string of the molecule is CCOc1cccc(NC(=O)Nc2cccnn2)c1. The van der Waals surface area contributed by atoms with E-state index in [-0.39, 0.29) is 6.03 Å². The molecule has 6 heteroatoms. The first-order chi connectivity index (χ1) is 9.28. The van der Waals surface area contributed by atoms with Crippen LogP contribution in [0.25, 0.3) is 0 Å². The largest absolute Gasteiger partial charge is 0.494 e. The summed E-state index contributed by atoms with van der Waals surface area (Å²) in [4.78, 5) is 11.7. The first kappa shape index (κ1) is 12.8. The third-order valence-electron chi connectivity index (χ3n) is 2.22. The molecule has 6 nitrogen and oxygen atoms in total. The number of nitrogens with zero attached hydrogens (tertiary/aromatic N) is 2. The van der Waals surface area contributed by atoms with Gasteiger partial charge in [-0.2, -0.15) is 5.10 Å². The van der Waals surface area contributed by atoms with Crippen molar-refractivity contribution < 1.29 is 9.53 Å². The van der Waals surface area contributed by atoms with Gasteiger partial charge >= 0.3 is 6.03 Å². The Labute approximate surface area is 110 Å². The molecule has 0 bridgehead atoms. The van der Waals surface area contributed by atoms with Crippen molar-refractivity contribution in [3.05, 3.63) is 42.6 Å². The molecule has 0 aliphatic carbocycles. The van der Waals surface area contributed by atoms with Crippen LogP contribution in [0.5, 0.6) is 5.75 Å². The Kier molecular flexibility index (Phi) is 4.28. The van der Waals surface area contributed by atoms with Crippen molar-refractivity contribution in [1.29, 1.82) is 0 Å². The predicted molar refractivity (Wildman–Crippen MR) is 72.3 cm³/mol. The van der Waals surface area contributed by atoms with Crippen molar-refractivity contribution in [1.82, 2.24) is 10.2 Å². The normalized spacial score (nSPS) is 9.74. The highest BCUT2D eigenvalue weighted by Gasteiger charge is 2.04. The summed E-state index contributed by atoms with van der Waals surface area (Å²) < 4.78 is 5.35. The van der Waals surface area contributed by atoms with Crippen LogP contribution in [0.2, 0.25) is 0 Å². The zero-order chi connectivity index (χ0) is 13.5. The highest BCUT2D eigenvalue weighted by molar-refractivity contribution is 5.99. The topological polar surface area (TPSA) is 76.1 Å². The summed E-state index contributed by atoms with van der Waals surface area (Å²) in [6.07, 6.45) is 1.54. The second-order valence-electron chi connectivity index (χ2n) is 3.65. The molecule has 1 aromatic carbocycles. The van der Waals surface area contributed by atoms with Gasteiger partial charge in [0.25, 0.3) is 0 Å². The van der Waals surface area contributed by atoms with Crippen LogP contribution in [-0.4, -0.2) is 22.8 Å². The molecule has 0 radical (unpaired) electrons. The van der Waals surface area contributed by atoms with E-state index < -0.39 is 0 Å². The number of aromatic nitrogens is 2. The molecule has 0 fully saturated rings. The highest BCUT2D eigenvalue weighted by Crippen LogP contribution is 2.17. The van der Waals surface area contributed by atoms with E-state index in [0.29, 0.717) is 23.9 Å². The molecule has 0 atom stereocenters. The summed E-state index contributed by atoms with van der Waals surface area (Å²) in [6.45, 7) is 2.48. The lowest BCUT2D eigenvalue weighted by atomic mass is 10.3. The molecule has 2 N–H and O–H groups in total. The molecule has 1 heterocycles. The fraction of sp³-hybridized carbons (Fsp3) is 0.154. The minimum Gasteiger partial charge on any atom is -0.494 e. The Morgan fingerprint density at radius 1 is 1.26 bits per heavy atom. The molecule has 2 amide bonds. The van der Waals surface area contributed by atoms with Crippen LogP contribution in [0.4, 0.5) is 16.3 Å². The van der Waals surface area contributed by atoms with Gasteiger partial charge in [0, 0.05) is 18.0 Å². The zero-order valence-electron chi connectivity index (χ0n) is 10.5. The Morgan fingerprint density at radius 2 is 2.16 bits per heavy atom. The molecular formula is C13H14N4O2. The predicted octanol–water partition coefficient (Wildman–Crippen LogP) is 2.52. The summed E-state index contributed by atoms with van der Waals surface area (Å²) in [7, 11) is 0. The Balaban J connectivity index is 1.97. The van der Waals surface area contributed by atoms with E-state index in [1.54, 1.807) is 24.3 Å².